The zero-order chi connectivity index (χ0) is 11.1. The smallest absolute Gasteiger partial charge is 0.166 e. The van der Waals surface area contributed by atoms with Gasteiger partial charge < -0.3 is 10.6 Å². The van der Waals surface area contributed by atoms with Gasteiger partial charge in [0.05, 0.1) is 0 Å². The number of aryl methyl sites for hydroxylation is 1. The van der Waals surface area contributed by atoms with Crippen molar-refractivity contribution in [2.45, 2.75) is 19.8 Å². The maximum atomic E-state index is 5.10. The largest absolute Gasteiger partial charge is 0.363 e. The predicted molar refractivity (Wildman–Crippen MR) is 65.8 cm³/mol. The summed E-state index contributed by atoms with van der Waals surface area (Å²) in [5.74, 6) is 0. The van der Waals surface area contributed by atoms with Gasteiger partial charge in [-0.3, -0.25) is 4.68 Å². The molecule has 1 heterocycles. The summed E-state index contributed by atoms with van der Waals surface area (Å²) < 4.78 is 1.88. The summed E-state index contributed by atoms with van der Waals surface area (Å²) in [4.78, 5) is 0. The lowest BCUT2D eigenvalue weighted by atomic mass is 10.3. The van der Waals surface area contributed by atoms with Gasteiger partial charge in [0.15, 0.2) is 5.11 Å². The summed E-state index contributed by atoms with van der Waals surface area (Å²) in [7, 11) is 1.95. The predicted octanol–water partition coefficient (Wildman–Crippen LogP) is 0.837. The summed E-state index contributed by atoms with van der Waals surface area (Å²) in [5.41, 5.74) is 1.21. The van der Waals surface area contributed by atoms with Crippen LogP contribution in [0.3, 0.4) is 0 Å². The number of thiocarbonyl (C=S) groups is 1. The summed E-state index contributed by atoms with van der Waals surface area (Å²) in [6.45, 7) is 3.89. The number of nitrogens with zero attached hydrogens (tertiary/aromatic N) is 2. The second-order valence-corrected chi connectivity index (χ2v) is 3.79. The lowest BCUT2D eigenvalue weighted by Crippen LogP contribution is -2.36. The van der Waals surface area contributed by atoms with E-state index in [1.165, 1.54) is 5.69 Å². The van der Waals surface area contributed by atoms with Crippen LogP contribution in [0, 0.1) is 0 Å². The fourth-order valence-corrected chi connectivity index (χ4v) is 1.46. The molecule has 0 atom stereocenters. The van der Waals surface area contributed by atoms with Crippen molar-refractivity contribution in [1.29, 1.82) is 0 Å². The Morgan fingerprint density at radius 1 is 1.47 bits per heavy atom. The molecular weight excluding hydrogens is 208 g/mol. The molecule has 0 aromatic carbocycles. The van der Waals surface area contributed by atoms with Crippen molar-refractivity contribution in [3.05, 3.63) is 18.0 Å². The van der Waals surface area contributed by atoms with Crippen LogP contribution in [0.15, 0.2) is 12.3 Å². The third-order valence-corrected chi connectivity index (χ3v) is 2.41. The fraction of sp³-hybridized carbons (Fsp3) is 0.600. The monoisotopic (exact) mass is 226 g/mol. The third kappa shape index (κ3) is 4.29. The molecule has 0 saturated carbocycles. The first-order valence-corrected chi connectivity index (χ1v) is 5.63. The van der Waals surface area contributed by atoms with E-state index in [4.69, 9.17) is 12.2 Å². The fourth-order valence-electron chi connectivity index (χ4n) is 1.25. The Labute approximate surface area is 96.1 Å². The highest BCUT2D eigenvalue weighted by atomic mass is 32.1. The summed E-state index contributed by atoms with van der Waals surface area (Å²) in [6.07, 6.45) is 3.83. The van der Waals surface area contributed by atoms with Crippen molar-refractivity contribution in [3.63, 3.8) is 0 Å². The second-order valence-electron chi connectivity index (χ2n) is 3.38. The Bertz CT molecular complexity index is 308. The highest BCUT2D eigenvalue weighted by Crippen LogP contribution is 1.95. The van der Waals surface area contributed by atoms with Gasteiger partial charge in [0.25, 0.3) is 0 Å². The molecule has 0 saturated heterocycles. The van der Waals surface area contributed by atoms with E-state index in [1.54, 1.807) is 0 Å². The first kappa shape index (κ1) is 12.0. The number of nitrogens with one attached hydrogen (secondary N) is 2. The molecule has 4 nitrogen and oxygen atoms in total. The minimum atomic E-state index is 0.735. The number of hydrogen-bond donors (Lipinski definition) is 2. The van der Waals surface area contributed by atoms with Crippen LogP contribution >= 0.6 is 12.2 Å². The van der Waals surface area contributed by atoms with Gasteiger partial charge in [-0.2, -0.15) is 5.10 Å². The Kier molecular flexibility index (Phi) is 5.10. The van der Waals surface area contributed by atoms with Crippen LogP contribution in [0.5, 0.6) is 0 Å². The van der Waals surface area contributed by atoms with Crippen molar-refractivity contribution in [3.8, 4) is 0 Å². The van der Waals surface area contributed by atoms with Crippen molar-refractivity contribution in [2.24, 2.45) is 7.05 Å². The van der Waals surface area contributed by atoms with E-state index in [1.807, 2.05) is 24.0 Å². The lowest BCUT2D eigenvalue weighted by molar-refractivity contribution is 0.691. The first-order valence-electron chi connectivity index (χ1n) is 5.22. The normalized spacial score (nSPS) is 10.0. The summed E-state index contributed by atoms with van der Waals surface area (Å²) in [6, 6.07) is 2.02. The van der Waals surface area contributed by atoms with Gasteiger partial charge in [-0.25, -0.2) is 0 Å². The molecule has 5 heteroatoms. The summed E-state index contributed by atoms with van der Waals surface area (Å²) in [5, 5.41) is 11.1. The molecule has 84 valence electrons. The molecule has 1 aromatic rings. The number of hydrogen-bond acceptors (Lipinski definition) is 2. The standard InChI is InChI=1S/C10H18N4S/c1-3-6-11-10(15)12-7-4-9-5-8-13-14(9)2/h5,8H,3-4,6-7H2,1-2H3,(H2,11,12,15). The van der Waals surface area contributed by atoms with E-state index in [0.29, 0.717) is 0 Å². The van der Waals surface area contributed by atoms with Gasteiger partial charge >= 0.3 is 0 Å². The molecule has 0 unspecified atom stereocenters. The van der Waals surface area contributed by atoms with Gasteiger partial charge in [-0.15, -0.1) is 0 Å². The molecule has 0 fully saturated rings. The van der Waals surface area contributed by atoms with E-state index in [9.17, 15) is 0 Å². The van der Waals surface area contributed by atoms with Gasteiger partial charge in [0.2, 0.25) is 0 Å². The zero-order valence-electron chi connectivity index (χ0n) is 9.29. The topological polar surface area (TPSA) is 41.9 Å². The average molecular weight is 226 g/mol. The van der Waals surface area contributed by atoms with Gasteiger partial charge in [-0.1, -0.05) is 6.92 Å². The molecule has 15 heavy (non-hydrogen) atoms. The molecule has 2 N–H and O–H groups in total. The van der Waals surface area contributed by atoms with E-state index in [-0.39, 0.29) is 0 Å². The highest BCUT2D eigenvalue weighted by Gasteiger charge is 1.98. The van der Waals surface area contributed by atoms with Crippen LogP contribution in [0.25, 0.3) is 0 Å². The maximum absolute atomic E-state index is 5.10. The van der Waals surface area contributed by atoms with E-state index in [2.05, 4.69) is 22.7 Å². The Hall–Kier alpha value is -1.10. The number of rotatable bonds is 5. The third-order valence-electron chi connectivity index (χ3n) is 2.12. The highest BCUT2D eigenvalue weighted by molar-refractivity contribution is 7.80. The molecule has 0 radical (unpaired) electrons. The Morgan fingerprint density at radius 3 is 2.80 bits per heavy atom. The van der Waals surface area contributed by atoms with Crippen molar-refractivity contribution in [1.82, 2.24) is 20.4 Å². The molecule has 0 amide bonds. The average Bonchev–Trinajstić information content (AvgIpc) is 2.61. The molecule has 1 rings (SSSR count). The Morgan fingerprint density at radius 2 is 2.20 bits per heavy atom. The van der Waals surface area contributed by atoms with Crippen LogP contribution < -0.4 is 10.6 Å². The van der Waals surface area contributed by atoms with Crippen molar-refractivity contribution >= 4 is 17.3 Å². The molecule has 0 spiro atoms. The second kappa shape index (κ2) is 6.40. The molecular formula is C10H18N4S. The van der Waals surface area contributed by atoms with Crippen LogP contribution in [-0.2, 0) is 13.5 Å². The van der Waals surface area contributed by atoms with Crippen LogP contribution in [0.4, 0.5) is 0 Å². The molecule has 1 aromatic heterocycles. The molecule has 0 bridgehead atoms. The van der Waals surface area contributed by atoms with Gasteiger partial charge in [-0.05, 0) is 24.7 Å². The molecule has 0 aliphatic rings. The lowest BCUT2D eigenvalue weighted by Gasteiger charge is -2.09. The van der Waals surface area contributed by atoms with Crippen LogP contribution in [0.2, 0.25) is 0 Å². The van der Waals surface area contributed by atoms with Crippen LogP contribution in [-0.4, -0.2) is 28.0 Å². The summed E-state index contributed by atoms with van der Waals surface area (Å²) >= 11 is 5.10. The quantitative estimate of drug-likeness (QED) is 0.730. The maximum Gasteiger partial charge on any atom is 0.166 e. The minimum absolute atomic E-state index is 0.735. The number of aromatic nitrogens is 2. The van der Waals surface area contributed by atoms with E-state index >= 15 is 0 Å². The van der Waals surface area contributed by atoms with Crippen LogP contribution in [0.1, 0.15) is 19.0 Å². The molecule has 0 aliphatic heterocycles. The van der Waals surface area contributed by atoms with Gasteiger partial charge in [0, 0.05) is 38.4 Å². The zero-order valence-corrected chi connectivity index (χ0v) is 10.1. The van der Waals surface area contributed by atoms with Crippen molar-refractivity contribution in [2.75, 3.05) is 13.1 Å². The van der Waals surface area contributed by atoms with E-state index in [0.717, 1.165) is 31.0 Å². The Balaban J connectivity index is 2.16. The van der Waals surface area contributed by atoms with E-state index < -0.39 is 0 Å². The minimum Gasteiger partial charge on any atom is -0.363 e. The SMILES string of the molecule is CCCNC(=S)NCCc1ccnn1C. The van der Waals surface area contributed by atoms with Gasteiger partial charge in [0.1, 0.15) is 0 Å². The van der Waals surface area contributed by atoms with Crippen molar-refractivity contribution < 1.29 is 0 Å². The first-order chi connectivity index (χ1) is 7.24. The molecule has 0 aliphatic carbocycles.